The highest BCUT2D eigenvalue weighted by molar-refractivity contribution is 7.91. The highest BCUT2D eigenvalue weighted by atomic mass is 32.2. The van der Waals surface area contributed by atoms with Crippen LogP contribution in [0.25, 0.3) is 0 Å². The highest BCUT2D eigenvalue weighted by Crippen LogP contribution is 2.27. The van der Waals surface area contributed by atoms with E-state index in [2.05, 4.69) is 33.0 Å². The maximum atomic E-state index is 11.8. The summed E-state index contributed by atoms with van der Waals surface area (Å²) in [6.45, 7) is 13.0. The molecule has 1 atom stereocenters. The number of rotatable bonds is 8. The van der Waals surface area contributed by atoms with Crippen LogP contribution in [0.5, 0.6) is 0 Å². The molecule has 0 aromatic rings. The van der Waals surface area contributed by atoms with Gasteiger partial charge < -0.3 is 5.32 Å². The third-order valence-corrected chi connectivity index (χ3v) is 5.40. The van der Waals surface area contributed by atoms with Gasteiger partial charge >= 0.3 is 0 Å². The molecule has 0 aromatic heterocycles. The zero-order valence-corrected chi connectivity index (χ0v) is 13.0. The van der Waals surface area contributed by atoms with Crippen molar-refractivity contribution in [2.45, 2.75) is 65.7 Å². The van der Waals surface area contributed by atoms with E-state index in [9.17, 15) is 8.42 Å². The molecule has 0 fully saturated rings. The normalized spacial score (nSPS) is 15.2. The lowest BCUT2D eigenvalue weighted by atomic mass is 9.83. The van der Waals surface area contributed by atoms with E-state index < -0.39 is 9.84 Å². The second-order valence-electron chi connectivity index (χ2n) is 5.99. The van der Waals surface area contributed by atoms with Crippen LogP contribution in [0.3, 0.4) is 0 Å². The van der Waals surface area contributed by atoms with Gasteiger partial charge in [0, 0.05) is 6.04 Å². The summed E-state index contributed by atoms with van der Waals surface area (Å²) in [5.74, 6) is 0.302. The molecule has 0 aliphatic rings. The van der Waals surface area contributed by atoms with Gasteiger partial charge in [-0.05, 0) is 45.6 Å². The Balaban J connectivity index is 4.27. The van der Waals surface area contributed by atoms with Crippen molar-refractivity contribution in [3.05, 3.63) is 0 Å². The Kier molecular flexibility index (Phi) is 6.70. The van der Waals surface area contributed by atoms with Gasteiger partial charge in [-0.1, -0.05) is 20.8 Å². The Morgan fingerprint density at radius 3 is 2.12 bits per heavy atom. The zero-order valence-electron chi connectivity index (χ0n) is 12.2. The SMILES string of the molecule is CCNC(C)CC(C)(C)CCS(=O)(=O)C(C)C. The first-order valence-corrected chi connectivity index (χ1v) is 8.27. The van der Waals surface area contributed by atoms with Crippen LogP contribution in [0, 0.1) is 5.41 Å². The maximum absolute atomic E-state index is 11.8. The molecule has 3 nitrogen and oxygen atoms in total. The maximum Gasteiger partial charge on any atom is 0.152 e. The predicted octanol–water partition coefficient (Wildman–Crippen LogP) is 2.61. The minimum atomic E-state index is -2.90. The van der Waals surface area contributed by atoms with E-state index in [-0.39, 0.29) is 10.7 Å². The quantitative estimate of drug-likeness (QED) is 0.732. The topological polar surface area (TPSA) is 46.2 Å². The molecule has 0 heterocycles. The van der Waals surface area contributed by atoms with E-state index in [1.54, 1.807) is 13.8 Å². The summed E-state index contributed by atoms with van der Waals surface area (Å²) in [5.41, 5.74) is 0.0730. The van der Waals surface area contributed by atoms with Gasteiger partial charge in [-0.2, -0.15) is 0 Å². The summed E-state index contributed by atoms with van der Waals surface area (Å²) in [4.78, 5) is 0. The van der Waals surface area contributed by atoms with Crippen LogP contribution in [0.4, 0.5) is 0 Å². The minimum absolute atomic E-state index is 0.0730. The van der Waals surface area contributed by atoms with Crippen LogP contribution in [-0.2, 0) is 9.84 Å². The van der Waals surface area contributed by atoms with Gasteiger partial charge in [0.25, 0.3) is 0 Å². The molecule has 0 aromatic carbocycles. The molecular formula is C13H29NO2S. The van der Waals surface area contributed by atoms with Crippen molar-refractivity contribution in [1.29, 1.82) is 0 Å². The van der Waals surface area contributed by atoms with E-state index in [1.165, 1.54) is 0 Å². The third-order valence-electron chi connectivity index (χ3n) is 3.19. The lowest BCUT2D eigenvalue weighted by Crippen LogP contribution is -2.32. The second-order valence-corrected chi connectivity index (χ2v) is 8.67. The fourth-order valence-electron chi connectivity index (χ4n) is 2.01. The Bertz CT molecular complexity index is 307. The van der Waals surface area contributed by atoms with Crippen molar-refractivity contribution in [2.24, 2.45) is 5.41 Å². The first kappa shape index (κ1) is 16.9. The Hall–Kier alpha value is -0.0900. The van der Waals surface area contributed by atoms with Crippen LogP contribution in [0.15, 0.2) is 0 Å². The lowest BCUT2D eigenvalue weighted by Gasteiger charge is -2.28. The van der Waals surface area contributed by atoms with Gasteiger partial charge in [0.1, 0.15) is 0 Å². The van der Waals surface area contributed by atoms with Crippen molar-refractivity contribution in [3.8, 4) is 0 Å². The molecule has 1 N–H and O–H groups in total. The molecule has 0 aliphatic carbocycles. The third kappa shape index (κ3) is 7.04. The van der Waals surface area contributed by atoms with Crippen molar-refractivity contribution >= 4 is 9.84 Å². The molecule has 104 valence electrons. The van der Waals surface area contributed by atoms with Gasteiger partial charge in [0.2, 0.25) is 0 Å². The Labute approximate surface area is 107 Å². The fourth-order valence-corrected chi connectivity index (χ4v) is 3.31. The van der Waals surface area contributed by atoms with E-state index in [0.717, 1.165) is 19.4 Å². The Morgan fingerprint density at radius 2 is 1.71 bits per heavy atom. The lowest BCUT2D eigenvalue weighted by molar-refractivity contribution is 0.281. The molecular weight excluding hydrogens is 234 g/mol. The molecule has 0 bridgehead atoms. The van der Waals surface area contributed by atoms with E-state index in [0.29, 0.717) is 11.8 Å². The molecule has 0 spiro atoms. The largest absolute Gasteiger partial charge is 0.315 e. The van der Waals surface area contributed by atoms with Crippen LogP contribution in [0.1, 0.15) is 54.4 Å². The molecule has 0 radical (unpaired) electrons. The molecule has 0 saturated carbocycles. The monoisotopic (exact) mass is 263 g/mol. The molecule has 0 rings (SSSR count). The summed E-state index contributed by atoms with van der Waals surface area (Å²) < 4.78 is 23.5. The summed E-state index contributed by atoms with van der Waals surface area (Å²) in [6, 6.07) is 0.441. The first-order valence-electron chi connectivity index (χ1n) is 6.55. The van der Waals surface area contributed by atoms with Gasteiger partial charge in [-0.15, -0.1) is 0 Å². The summed E-state index contributed by atoms with van der Waals surface area (Å²) in [5, 5.41) is 3.11. The van der Waals surface area contributed by atoms with Crippen LogP contribution >= 0.6 is 0 Å². The van der Waals surface area contributed by atoms with Crippen LogP contribution < -0.4 is 5.32 Å². The van der Waals surface area contributed by atoms with Crippen molar-refractivity contribution in [1.82, 2.24) is 5.32 Å². The second kappa shape index (κ2) is 6.74. The summed E-state index contributed by atoms with van der Waals surface area (Å²) in [6.07, 6.45) is 1.75. The molecule has 4 heteroatoms. The average Bonchev–Trinajstić information content (AvgIpc) is 2.14. The molecule has 0 aliphatic heterocycles. The number of hydrogen-bond donors (Lipinski definition) is 1. The van der Waals surface area contributed by atoms with Gasteiger partial charge in [0.05, 0.1) is 11.0 Å². The van der Waals surface area contributed by atoms with E-state index in [4.69, 9.17) is 0 Å². The van der Waals surface area contributed by atoms with Crippen LogP contribution in [0.2, 0.25) is 0 Å². The van der Waals surface area contributed by atoms with Gasteiger partial charge in [-0.3, -0.25) is 0 Å². The van der Waals surface area contributed by atoms with Crippen molar-refractivity contribution < 1.29 is 8.42 Å². The molecule has 0 saturated heterocycles. The van der Waals surface area contributed by atoms with Crippen molar-refractivity contribution in [2.75, 3.05) is 12.3 Å². The highest BCUT2D eigenvalue weighted by Gasteiger charge is 2.25. The first-order chi connectivity index (χ1) is 7.60. The molecule has 1 unspecified atom stereocenters. The number of nitrogens with one attached hydrogen (secondary N) is 1. The molecule has 17 heavy (non-hydrogen) atoms. The van der Waals surface area contributed by atoms with Crippen molar-refractivity contribution in [3.63, 3.8) is 0 Å². The van der Waals surface area contributed by atoms with Gasteiger partial charge in [-0.25, -0.2) is 8.42 Å². The van der Waals surface area contributed by atoms with E-state index >= 15 is 0 Å². The average molecular weight is 263 g/mol. The predicted molar refractivity (Wildman–Crippen MR) is 75.1 cm³/mol. The zero-order chi connectivity index (χ0) is 13.7. The van der Waals surface area contributed by atoms with Gasteiger partial charge in [0.15, 0.2) is 9.84 Å². The number of sulfone groups is 1. The van der Waals surface area contributed by atoms with E-state index in [1.807, 2.05) is 0 Å². The standard InChI is InChI=1S/C13H29NO2S/c1-7-14-12(4)10-13(5,6)8-9-17(15,16)11(2)3/h11-12,14H,7-10H2,1-6H3. The Morgan fingerprint density at radius 1 is 1.18 bits per heavy atom. The van der Waals surface area contributed by atoms with Crippen LogP contribution in [-0.4, -0.2) is 32.0 Å². The number of hydrogen-bond acceptors (Lipinski definition) is 3. The summed E-state index contributed by atoms with van der Waals surface area (Å²) >= 11 is 0. The summed E-state index contributed by atoms with van der Waals surface area (Å²) in [7, 11) is -2.90. The smallest absolute Gasteiger partial charge is 0.152 e. The molecule has 0 amide bonds. The minimum Gasteiger partial charge on any atom is -0.315 e. The fraction of sp³-hybridized carbons (Fsp3) is 1.00.